The van der Waals surface area contributed by atoms with Crippen molar-refractivity contribution in [3.63, 3.8) is 0 Å². The van der Waals surface area contributed by atoms with Crippen molar-refractivity contribution in [1.82, 2.24) is 15.3 Å². The summed E-state index contributed by atoms with van der Waals surface area (Å²) in [6, 6.07) is 4.08. The summed E-state index contributed by atoms with van der Waals surface area (Å²) in [7, 11) is 0. The Labute approximate surface area is 112 Å². The zero-order valence-electron chi connectivity index (χ0n) is 9.59. The zero-order chi connectivity index (χ0) is 13.8. The first kappa shape index (κ1) is 13.0. The molecule has 2 aromatic rings. The Morgan fingerprint density at radius 3 is 2.95 bits per heavy atom. The number of carbonyl (C=O) groups excluding carboxylic acids is 1. The van der Waals surface area contributed by atoms with Gasteiger partial charge in [-0.05, 0) is 6.07 Å². The lowest BCUT2D eigenvalue weighted by atomic mass is 10.2. The van der Waals surface area contributed by atoms with Gasteiger partial charge in [0.05, 0.1) is 29.1 Å². The van der Waals surface area contributed by atoms with Gasteiger partial charge in [-0.2, -0.15) is 0 Å². The van der Waals surface area contributed by atoms with Gasteiger partial charge in [0.15, 0.2) is 0 Å². The molecule has 0 saturated heterocycles. The van der Waals surface area contributed by atoms with Crippen molar-refractivity contribution in [2.75, 3.05) is 0 Å². The lowest BCUT2D eigenvalue weighted by Crippen LogP contribution is -2.23. The SMILES string of the molecule is O=C(NCc1cnc[nH]1)c1cccc([N+](=O)[O-])c1Cl. The Balaban J connectivity index is 2.15. The third kappa shape index (κ3) is 2.89. The van der Waals surface area contributed by atoms with Crippen LogP contribution in [0, 0.1) is 10.1 Å². The van der Waals surface area contributed by atoms with E-state index in [-0.39, 0.29) is 22.8 Å². The predicted molar refractivity (Wildman–Crippen MR) is 67.9 cm³/mol. The average molecular weight is 281 g/mol. The van der Waals surface area contributed by atoms with Gasteiger partial charge in [0.2, 0.25) is 0 Å². The Kier molecular flexibility index (Phi) is 3.76. The van der Waals surface area contributed by atoms with Gasteiger partial charge < -0.3 is 10.3 Å². The number of nitro groups is 1. The highest BCUT2D eigenvalue weighted by atomic mass is 35.5. The van der Waals surface area contributed by atoms with E-state index in [1.165, 1.54) is 24.5 Å². The molecule has 0 aliphatic heterocycles. The van der Waals surface area contributed by atoms with Crippen LogP contribution in [0.2, 0.25) is 5.02 Å². The van der Waals surface area contributed by atoms with Crippen LogP contribution in [0.4, 0.5) is 5.69 Å². The first-order valence-corrected chi connectivity index (χ1v) is 5.65. The summed E-state index contributed by atoms with van der Waals surface area (Å²) in [4.78, 5) is 28.6. The molecule has 1 heterocycles. The van der Waals surface area contributed by atoms with Gasteiger partial charge in [0.1, 0.15) is 5.02 Å². The van der Waals surface area contributed by atoms with Crippen molar-refractivity contribution < 1.29 is 9.72 Å². The number of nitro benzene ring substituents is 1. The fourth-order valence-corrected chi connectivity index (χ4v) is 1.77. The molecule has 1 amide bonds. The first-order valence-electron chi connectivity index (χ1n) is 5.28. The van der Waals surface area contributed by atoms with Crippen LogP contribution in [0.1, 0.15) is 16.1 Å². The quantitative estimate of drug-likeness (QED) is 0.659. The second-order valence-corrected chi connectivity index (χ2v) is 4.03. The number of aromatic nitrogens is 2. The number of nitrogens with zero attached hydrogens (tertiary/aromatic N) is 2. The number of benzene rings is 1. The summed E-state index contributed by atoms with van der Waals surface area (Å²) in [6.45, 7) is 0.234. The van der Waals surface area contributed by atoms with Gasteiger partial charge in [0.25, 0.3) is 11.6 Å². The van der Waals surface area contributed by atoms with Crippen LogP contribution in [0.25, 0.3) is 0 Å². The van der Waals surface area contributed by atoms with E-state index >= 15 is 0 Å². The van der Waals surface area contributed by atoms with E-state index in [1.807, 2.05) is 0 Å². The molecule has 0 aliphatic carbocycles. The van der Waals surface area contributed by atoms with Crippen molar-refractivity contribution in [1.29, 1.82) is 0 Å². The molecule has 0 atom stereocenters. The van der Waals surface area contributed by atoms with Gasteiger partial charge >= 0.3 is 0 Å². The van der Waals surface area contributed by atoms with Gasteiger partial charge in [-0.15, -0.1) is 0 Å². The van der Waals surface area contributed by atoms with E-state index in [2.05, 4.69) is 15.3 Å². The molecule has 0 saturated carbocycles. The Bertz CT molecular complexity index is 612. The highest BCUT2D eigenvalue weighted by molar-refractivity contribution is 6.35. The number of halogens is 1. The molecule has 0 aliphatic rings. The monoisotopic (exact) mass is 280 g/mol. The fraction of sp³-hybridized carbons (Fsp3) is 0.0909. The molecule has 8 heteroatoms. The second-order valence-electron chi connectivity index (χ2n) is 3.66. The Morgan fingerprint density at radius 2 is 2.32 bits per heavy atom. The zero-order valence-corrected chi connectivity index (χ0v) is 10.3. The Morgan fingerprint density at radius 1 is 1.53 bits per heavy atom. The van der Waals surface area contributed by atoms with Crippen molar-refractivity contribution in [3.05, 3.63) is 57.1 Å². The molecule has 0 fully saturated rings. The molecule has 2 rings (SSSR count). The molecule has 7 nitrogen and oxygen atoms in total. The lowest BCUT2D eigenvalue weighted by molar-refractivity contribution is -0.384. The molecule has 0 bridgehead atoms. The van der Waals surface area contributed by atoms with Gasteiger partial charge in [-0.1, -0.05) is 17.7 Å². The summed E-state index contributed by atoms with van der Waals surface area (Å²) in [6.07, 6.45) is 3.05. The summed E-state index contributed by atoms with van der Waals surface area (Å²) >= 11 is 5.84. The molecule has 1 aromatic heterocycles. The molecular formula is C11H9ClN4O3. The van der Waals surface area contributed by atoms with Gasteiger partial charge in [-0.25, -0.2) is 4.98 Å². The van der Waals surface area contributed by atoms with Crippen LogP contribution in [-0.2, 0) is 6.54 Å². The van der Waals surface area contributed by atoms with Crippen molar-refractivity contribution in [3.8, 4) is 0 Å². The van der Waals surface area contributed by atoms with Crippen LogP contribution in [-0.4, -0.2) is 20.8 Å². The lowest BCUT2D eigenvalue weighted by Gasteiger charge is -2.05. The smallest absolute Gasteiger partial charge is 0.288 e. The molecule has 0 spiro atoms. The summed E-state index contributed by atoms with van der Waals surface area (Å²) < 4.78 is 0. The van der Waals surface area contributed by atoms with Gasteiger partial charge in [-0.3, -0.25) is 14.9 Å². The second kappa shape index (κ2) is 5.49. The molecule has 1 aromatic carbocycles. The van der Waals surface area contributed by atoms with Crippen molar-refractivity contribution in [2.45, 2.75) is 6.54 Å². The standard InChI is InChI=1S/C11H9ClN4O3/c12-10-8(2-1-3-9(10)16(18)19)11(17)14-5-7-4-13-6-15-7/h1-4,6H,5H2,(H,13,15)(H,14,17). The van der Waals surface area contributed by atoms with E-state index in [0.717, 1.165) is 5.69 Å². The fourth-order valence-electron chi connectivity index (χ4n) is 1.49. The van der Waals surface area contributed by atoms with Crippen LogP contribution >= 0.6 is 11.6 Å². The van der Waals surface area contributed by atoms with E-state index in [0.29, 0.717) is 0 Å². The topological polar surface area (TPSA) is 101 Å². The summed E-state index contributed by atoms with van der Waals surface area (Å²) in [5.74, 6) is -0.483. The number of amides is 1. The number of hydrogen-bond acceptors (Lipinski definition) is 4. The predicted octanol–water partition coefficient (Wildman–Crippen LogP) is 1.90. The highest BCUT2D eigenvalue weighted by Gasteiger charge is 2.19. The average Bonchev–Trinajstić information content (AvgIpc) is 2.89. The number of aromatic amines is 1. The van der Waals surface area contributed by atoms with E-state index in [1.54, 1.807) is 6.20 Å². The van der Waals surface area contributed by atoms with Crippen LogP contribution in [0.3, 0.4) is 0 Å². The Hall–Kier alpha value is -2.41. The highest BCUT2D eigenvalue weighted by Crippen LogP contribution is 2.27. The number of nitrogens with one attached hydrogen (secondary N) is 2. The minimum absolute atomic E-state index is 0.0652. The number of H-pyrrole nitrogens is 1. The maximum Gasteiger partial charge on any atom is 0.288 e. The van der Waals surface area contributed by atoms with Crippen LogP contribution < -0.4 is 5.32 Å². The summed E-state index contributed by atoms with van der Waals surface area (Å²) in [5.41, 5.74) is 0.487. The van der Waals surface area contributed by atoms with Crippen molar-refractivity contribution in [2.24, 2.45) is 0 Å². The van der Waals surface area contributed by atoms with E-state index in [9.17, 15) is 14.9 Å². The molecule has 0 radical (unpaired) electrons. The van der Waals surface area contributed by atoms with E-state index < -0.39 is 10.8 Å². The third-order valence-corrected chi connectivity index (χ3v) is 2.81. The maximum absolute atomic E-state index is 11.9. The normalized spacial score (nSPS) is 10.2. The molecule has 0 unspecified atom stereocenters. The largest absolute Gasteiger partial charge is 0.347 e. The molecule has 98 valence electrons. The summed E-state index contributed by atoms with van der Waals surface area (Å²) in [5, 5.41) is 13.1. The van der Waals surface area contributed by atoms with E-state index in [4.69, 9.17) is 11.6 Å². The van der Waals surface area contributed by atoms with Crippen LogP contribution in [0.15, 0.2) is 30.7 Å². The number of carbonyl (C=O) groups is 1. The third-order valence-electron chi connectivity index (χ3n) is 2.41. The van der Waals surface area contributed by atoms with Gasteiger partial charge in [0, 0.05) is 12.3 Å². The van der Waals surface area contributed by atoms with Crippen LogP contribution in [0.5, 0.6) is 0 Å². The number of hydrogen-bond donors (Lipinski definition) is 2. The van der Waals surface area contributed by atoms with Crippen molar-refractivity contribution >= 4 is 23.2 Å². The number of rotatable bonds is 4. The molecule has 19 heavy (non-hydrogen) atoms. The number of imidazole rings is 1. The molecular weight excluding hydrogens is 272 g/mol. The first-order chi connectivity index (χ1) is 9.09. The molecule has 2 N–H and O–H groups in total. The maximum atomic E-state index is 11.9. The minimum Gasteiger partial charge on any atom is -0.347 e. The minimum atomic E-state index is -0.631.